The van der Waals surface area contributed by atoms with E-state index in [-0.39, 0.29) is 24.8 Å². The molecule has 6 heteroatoms. The van der Waals surface area contributed by atoms with E-state index in [2.05, 4.69) is 131 Å². The molecule has 164 valence electrons. The van der Waals surface area contributed by atoms with E-state index in [4.69, 9.17) is 0 Å². The third kappa shape index (κ3) is 8.43. The zero-order valence-corrected chi connectivity index (χ0v) is 25.7. The van der Waals surface area contributed by atoms with Crippen molar-refractivity contribution in [3.05, 3.63) is 111 Å². The minimum absolute atomic E-state index is 0. The number of aryl methyl sites for hydroxylation is 2. The van der Waals surface area contributed by atoms with Crippen molar-refractivity contribution >= 4 is 64.1 Å². The van der Waals surface area contributed by atoms with Crippen molar-refractivity contribution in [1.82, 2.24) is 0 Å². The van der Waals surface area contributed by atoms with E-state index in [1.165, 1.54) is 52.3 Å². The van der Waals surface area contributed by atoms with Crippen LogP contribution >= 0.6 is 37.3 Å². The molecular formula is C26H21Br2Cl2PZr-2. The number of halogens is 4. The maximum absolute atomic E-state index is 3.51. The van der Waals surface area contributed by atoms with Crippen LogP contribution in [0, 0.1) is 13.8 Å². The second-order valence-corrected chi connectivity index (χ2v) is 11.1. The zero-order valence-electron chi connectivity index (χ0n) is 17.6. The van der Waals surface area contributed by atoms with Gasteiger partial charge in [0.2, 0.25) is 0 Å². The maximum atomic E-state index is 3.51. The summed E-state index contributed by atoms with van der Waals surface area (Å²) >= 11 is 8.58. The number of hydrogen-bond donors (Lipinski definition) is 0. The summed E-state index contributed by atoms with van der Waals surface area (Å²) < 4.78 is 2.37. The van der Waals surface area contributed by atoms with Crippen LogP contribution < -0.4 is 30.1 Å². The van der Waals surface area contributed by atoms with Crippen molar-refractivity contribution in [2.75, 3.05) is 0 Å². The van der Waals surface area contributed by atoms with Gasteiger partial charge < -0.3 is 24.8 Å². The first-order valence-corrected chi connectivity index (χ1v) is 15.3. The molecule has 0 bridgehead atoms. The van der Waals surface area contributed by atoms with Crippen molar-refractivity contribution in [2.24, 2.45) is 0 Å². The third-order valence-corrected chi connectivity index (χ3v) is 8.41. The van der Waals surface area contributed by atoms with Gasteiger partial charge in [-0.25, -0.2) is 0 Å². The van der Waals surface area contributed by atoms with Gasteiger partial charge in [0.15, 0.2) is 0 Å². The van der Waals surface area contributed by atoms with E-state index in [1.807, 2.05) is 6.07 Å². The van der Waals surface area contributed by atoms with Crippen molar-refractivity contribution in [3.63, 3.8) is 0 Å². The molecule has 0 aliphatic heterocycles. The van der Waals surface area contributed by atoms with E-state index in [1.54, 1.807) is 23.6 Å². The third-order valence-electron chi connectivity index (χ3n) is 4.57. The van der Waals surface area contributed by atoms with Crippen molar-refractivity contribution in [3.8, 4) is 0 Å². The molecule has 5 aromatic rings. The predicted octanol–water partition coefficient (Wildman–Crippen LogP) is 2.99. The van der Waals surface area contributed by atoms with Crippen LogP contribution in [0.25, 0.3) is 21.5 Å². The Bertz CT molecular complexity index is 1190. The molecular weight excluding hydrogens is 665 g/mol. The van der Waals surface area contributed by atoms with Gasteiger partial charge in [0.25, 0.3) is 0 Å². The van der Waals surface area contributed by atoms with E-state index in [9.17, 15) is 0 Å². The molecule has 32 heavy (non-hydrogen) atoms. The van der Waals surface area contributed by atoms with Gasteiger partial charge in [0.05, 0.1) is 0 Å². The van der Waals surface area contributed by atoms with Gasteiger partial charge in [-0.15, -0.1) is 69.1 Å². The molecule has 5 rings (SSSR count). The Balaban J connectivity index is 0.000000236. The van der Waals surface area contributed by atoms with Crippen LogP contribution in [0.1, 0.15) is 11.1 Å². The number of hydrogen-bond acceptors (Lipinski definition) is 0. The average Bonchev–Trinajstić information content (AvgIpc) is 3.32. The Kier molecular flexibility index (Phi) is 13.7. The van der Waals surface area contributed by atoms with Crippen LogP contribution in [0.5, 0.6) is 0 Å². The Morgan fingerprint density at radius 1 is 0.656 bits per heavy atom. The standard InChI is InChI=1S/2C10H8Br.C6H5P.2ClH.Zr/c2*1-7-5-8-3-2-4-10(11)9(8)6-7;7-6-4-2-1-3-5-6;;;/h2*2-6H,1H3;1-5H;2*1H;/q2*-1;;;;+2/p-2. The molecule has 0 spiro atoms. The van der Waals surface area contributed by atoms with Crippen molar-refractivity contribution in [2.45, 2.75) is 13.8 Å². The first-order chi connectivity index (χ1) is 14.5. The van der Waals surface area contributed by atoms with Crippen molar-refractivity contribution in [1.29, 1.82) is 0 Å². The van der Waals surface area contributed by atoms with E-state index < -0.39 is 0 Å². The zero-order chi connectivity index (χ0) is 21.5. The molecule has 0 aliphatic rings. The second kappa shape index (κ2) is 14.8. The van der Waals surface area contributed by atoms with Gasteiger partial charge in [0.1, 0.15) is 0 Å². The summed E-state index contributed by atoms with van der Waals surface area (Å²) in [7, 11) is 0. The normalized spacial score (nSPS) is 9.81. The average molecular weight is 686 g/mol. The van der Waals surface area contributed by atoms with Crippen LogP contribution in [-0.2, 0) is 23.6 Å². The van der Waals surface area contributed by atoms with E-state index in [0.29, 0.717) is 0 Å². The van der Waals surface area contributed by atoms with Gasteiger partial charge >= 0.3 is 64.6 Å². The summed E-state index contributed by atoms with van der Waals surface area (Å²) in [5.41, 5.74) is 2.65. The molecule has 5 aromatic carbocycles. The summed E-state index contributed by atoms with van der Waals surface area (Å²) in [5.74, 6) is 0. The van der Waals surface area contributed by atoms with Crippen LogP contribution in [0.15, 0.2) is 99.9 Å². The number of benzene rings is 3. The van der Waals surface area contributed by atoms with Gasteiger partial charge in [0, 0.05) is 0 Å². The summed E-state index contributed by atoms with van der Waals surface area (Å²) in [5, 5.41) is 8.11. The summed E-state index contributed by atoms with van der Waals surface area (Å²) in [4.78, 5) is 0. The Hall–Kier alpha value is -0.397. The molecule has 0 saturated carbocycles. The Labute approximate surface area is 235 Å². The number of rotatable bonds is 1. The molecule has 0 amide bonds. The molecule has 0 fully saturated rings. The molecule has 0 aliphatic carbocycles. The van der Waals surface area contributed by atoms with Crippen molar-refractivity contribution < 1.29 is 48.4 Å². The van der Waals surface area contributed by atoms with Gasteiger partial charge in [-0.05, 0) is 8.95 Å². The van der Waals surface area contributed by atoms with Crippen LogP contribution in [0.3, 0.4) is 0 Å². The molecule has 0 N–H and O–H groups in total. The molecule has 0 heterocycles. The molecule has 0 radical (unpaired) electrons. The molecule has 0 saturated heterocycles. The van der Waals surface area contributed by atoms with Gasteiger partial charge in [-0.2, -0.15) is 12.1 Å². The molecule has 0 unspecified atom stereocenters. The summed E-state index contributed by atoms with van der Waals surface area (Å²) in [6.45, 7) is 4.24. The molecule has 0 nitrogen and oxygen atoms in total. The predicted molar refractivity (Wildman–Crippen MR) is 137 cm³/mol. The van der Waals surface area contributed by atoms with Gasteiger partial charge in [-0.1, -0.05) is 57.8 Å². The first-order valence-electron chi connectivity index (χ1n) is 9.53. The fourth-order valence-electron chi connectivity index (χ4n) is 3.20. The molecule has 0 atom stereocenters. The SMILES string of the molecule is Cc1cc2c(Br)cccc2[cH-]1.Cc1cc2c(Br)cccc2[cH-]1.[Cl-].[Cl-].[Zr+2]=[P]c1ccccc1. The molecule has 0 aromatic heterocycles. The minimum atomic E-state index is 0. The van der Waals surface area contributed by atoms with Crippen LogP contribution in [0.4, 0.5) is 0 Å². The van der Waals surface area contributed by atoms with E-state index >= 15 is 0 Å². The van der Waals surface area contributed by atoms with Crippen LogP contribution in [0.2, 0.25) is 0 Å². The number of fused-ring (bicyclic) bond motifs is 2. The Morgan fingerprint density at radius 2 is 1.09 bits per heavy atom. The van der Waals surface area contributed by atoms with E-state index in [0.717, 1.165) is 0 Å². The Morgan fingerprint density at radius 3 is 1.44 bits per heavy atom. The van der Waals surface area contributed by atoms with Crippen LogP contribution in [-0.4, -0.2) is 0 Å². The topological polar surface area (TPSA) is 0 Å². The second-order valence-electron chi connectivity index (χ2n) is 7.00. The fraction of sp³-hybridized carbons (Fsp3) is 0.0769. The summed E-state index contributed by atoms with van der Waals surface area (Å²) in [6.07, 6.45) is 0. The first kappa shape index (κ1) is 29.6. The monoisotopic (exact) mass is 682 g/mol. The quantitative estimate of drug-likeness (QED) is 0.188. The summed E-state index contributed by atoms with van der Waals surface area (Å²) in [6, 6.07) is 31.8. The van der Waals surface area contributed by atoms with Gasteiger partial charge in [-0.3, -0.25) is 0 Å². The fourth-order valence-corrected chi connectivity index (χ4v) is 5.61.